The number of benzene rings is 2. The number of nitrogens with zero attached hydrogens (tertiary/aromatic N) is 3. The van der Waals surface area contributed by atoms with Crippen molar-refractivity contribution in [2.45, 2.75) is 43.0 Å². The fraction of sp³-hybridized carbons (Fsp3) is 0.286. The molecule has 1 heterocycles. The molecule has 3 aromatic rings. The second-order valence-corrected chi connectivity index (χ2v) is 8.66. The van der Waals surface area contributed by atoms with Crippen LogP contribution >= 0.6 is 23.4 Å². The number of halogens is 1. The summed E-state index contributed by atoms with van der Waals surface area (Å²) in [5, 5.41) is 12.8. The van der Waals surface area contributed by atoms with E-state index in [0.717, 1.165) is 40.8 Å². The van der Waals surface area contributed by atoms with Gasteiger partial charge in [0.25, 0.3) is 0 Å². The van der Waals surface area contributed by atoms with E-state index < -0.39 is 0 Å². The molecule has 4 rings (SSSR count). The fourth-order valence-corrected chi connectivity index (χ4v) is 4.02. The summed E-state index contributed by atoms with van der Waals surface area (Å²) in [6, 6.07) is 15.6. The van der Waals surface area contributed by atoms with Gasteiger partial charge in [-0.25, -0.2) is 0 Å². The monoisotopic (exact) mass is 412 g/mol. The van der Waals surface area contributed by atoms with Gasteiger partial charge in [-0.05, 0) is 56.5 Å². The summed E-state index contributed by atoms with van der Waals surface area (Å²) in [5.74, 6) is 1.35. The zero-order chi connectivity index (χ0) is 19.7. The first-order valence-electron chi connectivity index (χ1n) is 9.28. The second-order valence-electron chi connectivity index (χ2n) is 6.95. The third-order valence-corrected chi connectivity index (χ3v) is 6.24. The molecule has 28 heavy (non-hydrogen) atoms. The van der Waals surface area contributed by atoms with E-state index in [9.17, 15) is 4.79 Å². The molecule has 0 spiro atoms. The maximum absolute atomic E-state index is 12.7. The molecule has 144 valence electrons. The van der Waals surface area contributed by atoms with Crippen LogP contribution in [-0.2, 0) is 4.79 Å². The second kappa shape index (κ2) is 7.97. The van der Waals surface area contributed by atoms with Gasteiger partial charge in [0.15, 0.2) is 5.16 Å². The highest BCUT2D eigenvalue weighted by Crippen LogP contribution is 2.41. The predicted molar refractivity (Wildman–Crippen MR) is 113 cm³/mol. The van der Waals surface area contributed by atoms with Gasteiger partial charge in [-0.1, -0.05) is 47.6 Å². The number of hydrogen-bond donors (Lipinski definition) is 1. The number of para-hydroxylation sites is 1. The summed E-state index contributed by atoms with van der Waals surface area (Å²) in [6.45, 7) is 3.77. The molecule has 0 saturated heterocycles. The lowest BCUT2D eigenvalue weighted by Crippen LogP contribution is -2.23. The zero-order valence-corrected chi connectivity index (χ0v) is 17.3. The van der Waals surface area contributed by atoms with Crippen molar-refractivity contribution in [2.75, 3.05) is 5.32 Å². The van der Waals surface area contributed by atoms with Crippen molar-refractivity contribution in [3.63, 3.8) is 0 Å². The Morgan fingerprint density at radius 1 is 1.18 bits per heavy atom. The lowest BCUT2D eigenvalue weighted by molar-refractivity contribution is -0.115. The third-order valence-electron chi connectivity index (χ3n) is 4.79. The minimum Gasteiger partial charge on any atom is -0.325 e. The van der Waals surface area contributed by atoms with Gasteiger partial charge < -0.3 is 5.32 Å². The molecule has 1 aromatic heterocycles. The van der Waals surface area contributed by atoms with E-state index in [2.05, 4.69) is 20.1 Å². The number of hydrogen-bond acceptors (Lipinski definition) is 4. The summed E-state index contributed by atoms with van der Waals surface area (Å²) in [5.41, 5.74) is 2.61. The molecule has 0 aliphatic heterocycles. The molecule has 7 heteroatoms. The first-order valence-corrected chi connectivity index (χ1v) is 10.5. The Balaban J connectivity index is 1.55. The molecular weight excluding hydrogens is 392 g/mol. The van der Waals surface area contributed by atoms with E-state index >= 15 is 0 Å². The zero-order valence-electron chi connectivity index (χ0n) is 15.7. The summed E-state index contributed by atoms with van der Waals surface area (Å²) in [7, 11) is 0. The number of anilines is 1. The minimum absolute atomic E-state index is 0.0917. The molecule has 0 bridgehead atoms. The Hall–Kier alpha value is -2.31. The Bertz CT molecular complexity index is 1000. The highest BCUT2D eigenvalue weighted by atomic mass is 35.5. The van der Waals surface area contributed by atoms with E-state index in [1.165, 1.54) is 11.8 Å². The Labute approximate surface area is 173 Å². The van der Waals surface area contributed by atoms with Crippen molar-refractivity contribution >= 4 is 35.0 Å². The van der Waals surface area contributed by atoms with Crippen molar-refractivity contribution in [3.05, 3.63) is 64.9 Å². The van der Waals surface area contributed by atoms with Crippen molar-refractivity contribution in [1.29, 1.82) is 0 Å². The van der Waals surface area contributed by atoms with Crippen LogP contribution in [0.2, 0.25) is 5.02 Å². The van der Waals surface area contributed by atoms with Gasteiger partial charge in [-0.2, -0.15) is 0 Å². The van der Waals surface area contributed by atoms with Gasteiger partial charge in [0.2, 0.25) is 5.91 Å². The predicted octanol–water partition coefficient (Wildman–Crippen LogP) is 5.23. The molecule has 1 aliphatic carbocycles. The molecule has 5 nitrogen and oxygen atoms in total. The normalized spacial score (nSPS) is 14.7. The van der Waals surface area contributed by atoms with Crippen LogP contribution in [-0.4, -0.2) is 25.9 Å². The van der Waals surface area contributed by atoms with Gasteiger partial charge in [-0.3, -0.25) is 9.36 Å². The summed E-state index contributed by atoms with van der Waals surface area (Å²) < 4.78 is 2.08. The molecule has 1 aliphatic rings. The molecule has 1 N–H and O–H groups in total. The summed E-state index contributed by atoms with van der Waals surface area (Å²) in [4.78, 5) is 12.7. The fourth-order valence-electron chi connectivity index (χ4n) is 2.97. The largest absolute Gasteiger partial charge is 0.325 e. The molecule has 1 unspecified atom stereocenters. The van der Waals surface area contributed by atoms with E-state index in [4.69, 9.17) is 11.6 Å². The van der Waals surface area contributed by atoms with Gasteiger partial charge >= 0.3 is 0 Å². The average Bonchev–Trinajstić information content (AvgIpc) is 3.46. The van der Waals surface area contributed by atoms with Crippen LogP contribution in [0.3, 0.4) is 0 Å². The number of nitrogens with one attached hydrogen (secondary N) is 1. The topological polar surface area (TPSA) is 59.8 Å². The van der Waals surface area contributed by atoms with Crippen molar-refractivity contribution in [2.24, 2.45) is 0 Å². The maximum Gasteiger partial charge on any atom is 0.237 e. The lowest BCUT2D eigenvalue weighted by atomic mass is 10.2. The van der Waals surface area contributed by atoms with Crippen LogP contribution in [0, 0.1) is 6.92 Å². The van der Waals surface area contributed by atoms with Crippen molar-refractivity contribution < 1.29 is 4.79 Å². The van der Waals surface area contributed by atoms with Gasteiger partial charge in [0.1, 0.15) is 5.82 Å². The van der Waals surface area contributed by atoms with Crippen molar-refractivity contribution in [3.8, 4) is 5.69 Å². The average molecular weight is 413 g/mol. The molecule has 1 saturated carbocycles. The number of amides is 1. The summed E-state index contributed by atoms with van der Waals surface area (Å²) >= 11 is 7.57. The number of aromatic nitrogens is 3. The smallest absolute Gasteiger partial charge is 0.237 e. The van der Waals surface area contributed by atoms with Gasteiger partial charge in [0, 0.05) is 22.3 Å². The number of rotatable bonds is 6. The highest BCUT2D eigenvalue weighted by molar-refractivity contribution is 8.00. The van der Waals surface area contributed by atoms with Crippen LogP contribution in [0.5, 0.6) is 0 Å². The first kappa shape index (κ1) is 19.0. The maximum atomic E-state index is 12.7. The quantitative estimate of drug-likeness (QED) is 0.563. The number of thioether (sulfide) groups is 1. The number of carbonyl (C=O) groups excluding carboxylic acids is 1. The van der Waals surface area contributed by atoms with E-state index in [0.29, 0.717) is 10.9 Å². The van der Waals surface area contributed by atoms with Crippen LogP contribution < -0.4 is 5.32 Å². The molecule has 2 aromatic carbocycles. The SMILES string of the molecule is Cc1c(Cl)cccc1NC(=O)C(C)Sc1nnc(C2CC2)n1-c1ccccc1. The van der Waals surface area contributed by atoms with Crippen LogP contribution in [0.4, 0.5) is 5.69 Å². The lowest BCUT2D eigenvalue weighted by Gasteiger charge is -2.15. The third kappa shape index (κ3) is 3.93. The van der Waals surface area contributed by atoms with E-state index in [1.807, 2.05) is 62.4 Å². The highest BCUT2D eigenvalue weighted by Gasteiger charge is 2.31. The van der Waals surface area contributed by atoms with Crippen LogP contribution in [0.25, 0.3) is 5.69 Å². The Kier molecular flexibility index (Phi) is 5.42. The summed E-state index contributed by atoms with van der Waals surface area (Å²) in [6.07, 6.45) is 2.28. The Morgan fingerprint density at radius 2 is 1.93 bits per heavy atom. The molecular formula is C21H21ClN4OS. The standard InChI is InChI=1S/C21H21ClN4OS/c1-13-17(22)9-6-10-18(13)23-20(27)14(2)28-21-25-24-19(15-11-12-15)26(21)16-7-4-3-5-8-16/h3-10,14-15H,11-12H2,1-2H3,(H,23,27). The first-order chi connectivity index (χ1) is 13.5. The van der Waals surface area contributed by atoms with Crippen molar-refractivity contribution in [1.82, 2.24) is 14.8 Å². The van der Waals surface area contributed by atoms with Crippen LogP contribution in [0.15, 0.2) is 53.7 Å². The van der Waals surface area contributed by atoms with Gasteiger partial charge in [-0.15, -0.1) is 10.2 Å². The molecule has 1 atom stereocenters. The van der Waals surface area contributed by atoms with Crippen LogP contribution in [0.1, 0.15) is 37.1 Å². The minimum atomic E-state index is -0.336. The Morgan fingerprint density at radius 3 is 2.64 bits per heavy atom. The van der Waals surface area contributed by atoms with Gasteiger partial charge in [0.05, 0.1) is 5.25 Å². The number of carbonyl (C=O) groups is 1. The molecule has 0 radical (unpaired) electrons. The van der Waals surface area contributed by atoms with E-state index in [-0.39, 0.29) is 11.2 Å². The van der Waals surface area contributed by atoms with E-state index in [1.54, 1.807) is 0 Å². The molecule has 1 fully saturated rings. The molecule has 1 amide bonds.